The second-order valence-corrected chi connectivity index (χ2v) is 9.30. The lowest BCUT2D eigenvalue weighted by atomic mass is 10.0. The van der Waals surface area contributed by atoms with E-state index in [1.807, 2.05) is 30.3 Å². The predicted octanol–water partition coefficient (Wildman–Crippen LogP) is 7.03. The number of ether oxygens (including phenoxy) is 1. The van der Waals surface area contributed by atoms with E-state index in [2.05, 4.69) is 10.3 Å². The van der Waals surface area contributed by atoms with Crippen LogP contribution in [0.25, 0.3) is 22.2 Å². The molecule has 1 aromatic heterocycles. The molecule has 0 spiro atoms. The molecule has 0 saturated carbocycles. The normalized spacial score (nSPS) is 11.8. The van der Waals surface area contributed by atoms with Crippen LogP contribution in [0.1, 0.15) is 15.9 Å². The largest absolute Gasteiger partial charge is 0.467 e. The maximum atomic E-state index is 12.8. The summed E-state index contributed by atoms with van der Waals surface area (Å²) in [7, 11) is 1.26. The van der Waals surface area contributed by atoms with Gasteiger partial charge in [0, 0.05) is 17.4 Å². The zero-order chi connectivity index (χ0) is 25.1. The summed E-state index contributed by atoms with van der Waals surface area (Å²) in [5, 5.41) is 4.91. The smallest absolute Gasteiger partial charge is 0.328 e. The molecule has 0 aliphatic heterocycles. The van der Waals surface area contributed by atoms with Crippen LogP contribution in [0.2, 0.25) is 20.1 Å². The van der Waals surface area contributed by atoms with Crippen molar-refractivity contribution in [3.05, 3.63) is 97.9 Å². The minimum Gasteiger partial charge on any atom is -0.467 e. The number of methoxy groups -OCH3 is 1. The van der Waals surface area contributed by atoms with Gasteiger partial charge in [-0.15, -0.1) is 0 Å². The number of rotatable bonds is 6. The van der Waals surface area contributed by atoms with Crippen LogP contribution in [0, 0.1) is 0 Å². The fourth-order valence-corrected chi connectivity index (χ4v) is 4.86. The van der Waals surface area contributed by atoms with E-state index in [4.69, 9.17) is 51.1 Å². The molecule has 0 bridgehead atoms. The predicted molar refractivity (Wildman–Crippen MR) is 141 cm³/mol. The minimum atomic E-state index is -0.952. The molecule has 0 aliphatic carbocycles. The number of nitrogens with zero attached hydrogens (tertiary/aromatic N) is 1. The second-order valence-electron chi connectivity index (χ2n) is 7.67. The minimum absolute atomic E-state index is 0.0956. The van der Waals surface area contributed by atoms with Crippen molar-refractivity contribution >= 4 is 69.2 Å². The van der Waals surface area contributed by atoms with Gasteiger partial charge in [0.05, 0.1) is 44.0 Å². The summed E-state index contributed by atoms with van der Waals surface area (Å²) in [5.74, 6) is -1.16. The van der Waals surface area contributed by atoms with Crippen LogP contribution in [-0.4, -0.2) is 30.0 Å². The molecule has 0 radical (unpaired) electrons. The summed E-state index contributed by atoms with van der Waals surface area (Å²) in [6, 6.07) is 18.4. The van der Waals surface area contributed by atoms with Crippen LogP contribution in [-0.2, 0) is 16.0 Å². The molecule has 1 atom stereocenters. The summed E-state index contributed by atoms with van der Waals surface area (Å²) >= 11 is 24.9. The molecular weight excluding hydrogens is 530 g/mol. The Morgan fingerprint density at radius 2 is 1.51 bits per heavy atom. The average Bonchev–Trinajstić information content (AvgIpc) is 2.83. The highest BCUT2D eigenvalue weighted by atomic mass is 35.5. The third-order valence-corrected chi connectivity index (χ3v) is 6.65. The Morgan fingerprint density at radius 1 is 0.886 bits per heavy atom. The summed E-state index contributed by atoms with van der Waals surface area (Å²) < 4.78 is 4.90. The van der Waals surface area contributed by atoms with E-state index < -0.39 is 17.9 Å². The number of amides is 1. The van der Waals surface area contributed by atoms with Crippen molar-refractivity contribution in [3.63, 3.8) is 0 Å². The number of carbonyl (C=O) groups is 2. The van der Waals surface area contributed by atoms with E-state index >= 15 is 0 Å². The number of pyridine rings is 1. The van der Waals surface area contributed by atoms with Crippen LogP contribution in [0.5, 0.6) is 0 Å². The SMILES string of the molecule is COC(=O)[C@H](Cc1ccc2nc(-c3c(Cl)cccc3Cl)ccc2c1)NC(=O)c1c(Cl)cccc1Cl. The van der Waals surface area contributed by atoms with Crippen molar-refractivity contribution in [2.75, 3.05) is 7.11 Å². The molecule has 35 heavy (non-hydrogen) atoms. The summed E-state index contributed by atoms with van der Waals surface area (Å²) in [4.78, 5) is 30.0. The lowest BCUT2D eigenvalue weighted by molar-refractivity contribution is -0.142. The van der Waals surface area contributed by atoms with Gasteiger partial charge in [-0.3, -0.25) is 4.79 Å². The zero-order valence-electron chi connectivity index (χ0n) is 18.3. The molecule has 5 nitrogen and oxygen atoms in total. The highest BCUT2D eigenvalue weighted by Gasteiger charge is 2.25. The van der Waals surface area contributed by atoms with E-state index in [0.717, 1.165) is 16.5 Å². The van der Waals surface area contributed by atoms with Crippen molar-refractivity contribution in [2.45, 2.75) is 12.5 Å². The number of nitrogens with one attached hydrogen (secondary N) is 1. The molecule has 0 saturated heterocycles. The first kappa shape index (κ1) is 25.3. The Bertz CT molecular complexity index is 1400. The Morgan fingerprint density at radius 3 is 2.14 bits per heavy atom. The quantitative estimate of drug-likeness (QED) is 0.263. The average molecular weight is 548 g/mol. The molecule has 1 heterocycles. The zero-order valence-corrected chi connectivity index (χ0v) is 21.3. The second kappa shape index (κ2) is 10.8. The molecule has 1 amide bonds. The van der Waals surface area contributed by atoms with E-state index in [1.165, 1.54) is 7.11 Å². The molecule has 4 rings (SSSR count). The van der Waals surface area contributed by atoms with Gasteiger partial charge in [-0.25, -0.2) is 9.78 Å². The lowest BCUT2D eigenvalue weighted by Crippen LogP contribution is -2.43. The highest BCUT2D eigenvalue weighted by molar-refractivity contribution is 6.40. The topological polar surface area (TPSA) is 68.3 Å². The molecule has 4 aromatic rings. The van der Waals surface area contributed by atoms with Crippen molar-refractivity contribution < 1.29 is 14.3 Å². The summed E-state index contributed by atoms with van der Waals surface area (Å²) in [5.41, 5.74) is 2.93. The molecule has 178 valence electrons. The van der Waals surface area contributed by atoms with Gasteiger partial charge in [0.2, 0.25) is 0 Å². The maximum Gasteiger partial charge on any atom is 0.328 e. The molecule has 1 N–H and O–H groups in total. The first-order chi connectivity index (χ1) is 16.8. The van der Waals surface area contributed by atoms with E-state index in [-0.39, 0.29) is 22.0 Å². The fourth-order valence-electron chi connectivity index (χ4n) is 3.70. The van der Waals surface area contributed by atoms with E-state index in [1.54, 1.807) is 36.4 Å². The Hall–Kier alpha value is -2.83. The van der Waals surface area contributed by atoms with Crippen LogP contribution in [0.15, 0.2) is 66.7 Å². The van der Waals surface area contributed by atoms with Crippen molar-refractivity contribution in [2.24, 2.45) is 0 Å². The van der Waals surface area contributed by atoms with Crippen LogP contribution >= 0.6 is 46.4 Å². The first-order valence-electron chi connectivity index (χ1n) is 10.4. The van der Waals surface area contributed by atoms with Crippen molar-refractivity contribution in [3.8, 4) is 11.3 Å². The standard InChI is InChI=1S/C26H18Cl4N2O3/c1-35-26(34)22(32-25(33)24-18(29)6-3-7-19(24)30)13-14-8-10-20-15(12-14)9-11-21(31-20)23-16(27)4-2-5-17(23)28/h2-12,22H,13H2,1H3,(H,32,33)/t22-/m0/s1. The third kappa shape index (κ3) is 5.54. The van der Waals surface area contributed by atoms with Gasteiger partial charge in [0.15, 0.2) is 0 Å². The maximum absolute atomic E-state index is 12.8. The van der Waals surface area contributed by atoms with Gasteiger partial charge < -0.3 is 10.1 Å². The van der Waals surface area contributed by atoms with Gasteiger partial charge in [0.1, 0.15) is 6.04 Å². The Kier molecular flexibility index (Phi) is 7.82. The first-order valence-corrected chi connectivity index (χ1v) is 12.0. The Balaban J connectivity index is 1.60. The van der Waals surface area contributed by atoms with Crippen LogP contribution in [0.4, 0.5) is 0 Å². The van der Waals surface area contributed by atoms with Gasteiger partial charge in [-0.05, 0) is 48.0 Å². The van der Waals surface area contributed by atoms with Crippen LogP contribution < -0.4 is 5.32 Å². The molecular formula is C26H18Cl4N2O3. The van der Waals surface area contributed by atoms with Crippen molar-refractivity contribution in [1.82, 2.24) is 10.3 Å². The number of halogens is 4. The number of carbonyl (C=O) groups excluding carboxylic acids is 2. The number of fused-ring (bicyclic) bond motifs is 1. The summed E-state index contributed by atoms with van der Waals surface area (Å²) in [6.07, 6.45) is 0.189. The number of benzene rings is 3. The van der Waals surface area contributed by atoms with E-state index in [0.29, 0.717) is 21.3 Å². The summed E-state index contributed by atoms with van der Waals surface area (Å²) in [6.45, 7) is 0. The van der Waals surface area contributed by atoms with Gasteiger partial charge in [-0.2, -0.15) is 0 Å². The highest BCUT2D eigenvalue weighted by Crippen LogP contribution is 2.34. The number of hydrogen-bond donors (Lipinski definition) is 1. The van der Waals surface area contributed by atoms with Gasteiger partial charge in [-0.1, -0.05) is 70.7 Å². The molecule has 0 unspecified atom stereocenters. The fraction of sp³-hybridized carbons (Fsp3) is 0.115. The number of esters is 1. The third-order valence-electron chi connectivity index (χ3n) is 5.39. The molecule has 3 aromatic carbocycles. The van der Waals surface area contributed by atoms with E-state index in [9.17, 15) is 9.59 Å². The lowest BCUT2D eigenvalue weighted by Gasteiger charge is -2.18. The van der Waals surface area contributed by atoms with Crippen LogP contribution in [0.3, 0.4) is 0 Å². The van der Waals surface area contributed by atoms with Gasteiger partial charge >= 0.3 is 5.97 Å². The monoisotopic (exact) mass is 546 g/mol. The van der Waals surface area contributed by atoms with Gasteiger partial charge in [0.25, 0.3) is 5.91 Å². The number of hydrogen-bond acceptors (Lipinski definition) is 4. The van der Waals surface area contributed by atoms with Crippen molar-refractivity contribution in [1.29, 1.82) is 0 Å². The molecule has 0 fully saturated rings. The Labute approximate surface area is 221 Å². The molecule has 9 heteroatoms. The number of aromatic nitrogens is 1. The molecule has 0 aliphatic rings.